The zero-order chi connectivity index (χ0) is 12.4. The molecule has 1 aliphatic carbocycles. The highest BCUT2D eigenvalue weighted by Crippen LogP contribution is 2.27. The Morgan fingerprint density at radius 1 is 1.28 bits per heavy atom. The van der Waals surface area contributed by atoms with Crippen LogP contribution < -0.4 is 10.2 Å². The zero-order valence-corrected chi connectivity index (χ0v) is 10.7. The van der Waals surface area contributed by atoms with E-state index in [0.717, 1.165) is 25.8 Å². The first-order valence-electron chi connectivity index (χ1n) is 6.95. The van der Waals surface area contributed by atoms with Gasteiger partial charge in [0.25, 0.3) is 0 Å². The van der Waals surface area contributed by atoms with E-state index in [1.807, 2.05) is 6.07 Å². The molecule has 0 spiro atoms. The topological polar surface area (TPSA) is 32.3 Å². The van der Waals surface area contributed by atoms with Gasteiger partial charge < -0.3 is 10.2 Å². The molecule has 18 heavy (non-hydrogen) atoms. The summed E-state index contributed by atoms with van der Waals surface area (Å²) in [4.78, 5) is 14.2. The van der Waals surface area contributed by atoms with Gasteiger partial charge in [-0.15, -0.1) is 0 Å². The van der Waals surface area contributed by atoms with E-state index < -0.39 is 0 Å². The summed E-state index contributed by atoms with van der Waals surface area (Å²) in [6.45, 7) is 1.48. The van der Waals surface area contributed by atoms with Crippen molar-refractivity contribution in [3.8, 4) is 0 Å². The predicted octanol–water partition coefficient (Wildman–Crippen LogP) is 2.11. The number of rotatable bonds is 3. The van der Waals surface area contributed by atoms with Crippen LogP contribution in [0.1, 0.15) is 31.2 Å². The molecule has 2 aliphatic rings. The van der Waals surface area contributed by atoms with E-state index in [-0.39, 0.29) is 5.91 Å². The molecule has 1 heterocycles. The molecule has 3 rings (SSSR count). The van der Waals surface area contributed by atoms with E-state index in [1.54, 1.807) is 0 Å². The number of hydrogen-bond acceptors (Lipinski definition) is 2. The van der Waals surface area contributed by atoms with E-state index >= 15 is 0 Å². The Balaban J connectivity index is 1.58. The van der Waals surface area contributed by atoms with Gasteiger partial charge in [0, 0.05) is 18.3 Å². The van der Waals surface area contributed by atoms with Gasteiger partial charge in [-0.3, -0.25) is 4.79 Å². The van der Waals surface area contributed by atoms with Gasteiger partial charge in [0.15, 0.2) is 0 Å². The van der Waals surface area contributed by atoms with Crippen molar-refractivity contribution >= 4 is 11.6 Å². The highest BCUT2D eigenvalue weighted by Gasteiger charge is 2.22. The normalized spacial score (nSPS) is 19.0. The molecule has 3 nitrogen and oxygen atoms in total. The number of nitrogens with zero attached hydrogens (tertiary/aromatic N) is 1. The number of amides is 1. The number of nitrogens with one attached hydrogen (secondary N) is 1. The van der Waals surface area contributed by atoms with Crippen molar-refractivity contribution in [3.05, 3.63) is 29.8 Å². The Labute approximate surface area is 108 Å². The zero-order valence-electron chi connectivity index (χ0n) is 10.7. The number of benzene rings is 1. The summed E-state index contributed by atoms with van der Waals surface area (Å²) >= 11 is 0. The van der Waals surface area contributed by atoms with Crippen molar-refractivity contribution in [2.75, 3.05) is 18.0 Å². The third kappa shape index (κ3) is 2.35. The minimum atomic E-state index is 0.179. The second kappa shape index (κ2) is 5.01. The average Bonchev–Trinajstić information content (AvgIpc) is 3.00. The molecule has 1 aromatic rings. The van der Waals surface area contributed by atoms with E-state index in [0.29, 0.717) is 12.6 Å². The minimum Gasteiger partial charge on any atom is -0.362 e. The van der Waals surface area contributed by atoms with Gasteiger partial charge in [0.1, 0.15) is 0 Å². The van der Waals surface area contributed by atoms with Crippen LogP contribution in [0.25, 0.3) is 0 Å². The molecule has 0 aromatic heterocycles. The number of carbonyl (C=O) groups is 1. The molecule has 1 saturated carbocycles. The fourth-order valence-electron chi connectivity index (χ4n) is 3.09. The standard InChI is InChI=1S/C15H20N2O/c18-15(16-13-6-2-3-7-13)11-17-10-9-12-5-1-4-8-14(12)17/h1,4-5,8,13H,2-3,6-7,9-11H2,(H,16,18). The first-order chi connectivity index (χ1) is 8.83. The minimum absolute atomic E-state index is 0.179. The van der Waals surface area contributed by atoms with Crippen molar-refractivity contribution in [1.82, 2.24) is 5.32 Å². The van der Waals surface area contributed by atoms with Gasteiger partial charge in [0.05, 0.1) is 6.54 Å². The molecule has 0 radical (unpaired) electrons. The van der Waals surface area contributed by atoms with Gasteiger partial charge in [-0.25, -0.2) is 0 Å². The van der Waals surface area contributed by atoms with Gasteiger partial charge in [-0.1, -0.05) is 31.0 Å². The lowest BCUT2D eigenvalue weighted by Crippen LogP contribution is -2.40. The van der Waals surface area contributed by atoms with Crippen LogP contribution in [-0.2, 0) is 11.2 Å². The van der Waals surface area contributed by atoms with E-state index in [1.165, 1.54) is 24.1 Å². The largest absolute Gasteiger partial charge is 0.362 e. The number of para-hydroxylation sites is 1. The highest BCUT2D eigenvalue weighted by molar-refractivity contribution is 5.82. The van der Waals surface area contributed by atoms with Gasteiger partial charge in [-0.05, 0) is 30.9 Å². The smallest absolute Gasteiger partial charge is 0.239 e. The quantitative estimate of drug-likeness (QED) is 0.883. The van der Waals surface area contributed by atoms with Gasteiger partial charge >= 0.3 is 0 Å². The lowest BCUT2D eigenvalue weighted by Gasteiger charge is -2.20. The molecule has 96 valence electrons. The van der Waals surface area contributed by atoms with Crippen molar-refractivity contribution < 1.29 is 4.79 Å². The summed E-state index contributed by atoms with van der Waals surface area (Å²) < 4.78 is 0. The summed E-state index contributed by atoms with van der Waals surface area (Å²) in [5, 5.41) is 3.16. The Kier molecular flexibility index (Phi) is 3.22. The third-order valence-electron chi connectivity index (χ3n) is 4.04. The van der Waals surface area contributed by atoms with Gasteiger partial charge in [0.2, 0.25) is 5.91 Å². The number of fused-ring (bicyclic) bond motifs is 1. The SMILES string of the molecule is O=C(CN1CCc2ccccc21)NC1CCCC1. The molecule has 0 atom stereocenters. The summed E-state index contributed by atoms with van der Waals surface area (Å²) in [5.74, 6) is 0.179. The van der Waals surface area contributed by atoms with Crippen LogP contribution in [0.5, 0.6) is 0 Å². The Bertz CT molecular complexity index is 438. The van der Waals surface area contributed by atoms with Crippen molar-refractivity contribution in [1.29, 1.82) is 0 Å². The van der Waals surface area contributed by atoms with Crippen LogP contribution in [0.3, 0.4) is 0 Å². The molecule has 1 aromatic carbocycles. The highest BCUT2D eigenvalue weighted by atomic mass is 16.2. The second-order valence-corrected chi connectivity index (χ2v) is 5.35. The molecule has 1 fully saturated rings. The van der Waals surface area contributed by atoms with Crippen molar-refractivity contribution in [2.24, 2.45) is 0 Å². The molecule has 1 amide bonds. The number of hydrogen-bond donors (Lipinski definition) is 1. The Morgan fingerprint density at radius 2 is 2.06 bits per heavy atom. The van der Waals surface area contributed by atoms with E-state index in [2.05, 4.69) is 28.4 Å². The van der Waals surface area contributed by atoms with E-state index in [9.17, 15) is 4.79 Å². The molecular weight excluding hydrogens is 224 g/mol. The fraction of sp³-hybridized carbons (Fsp3) is 0.533. The fourth-order valence-corrected chi connectivity index (χ4v) is 3.09. The van der Waals surface area contributed by atoms with Crippen LogP contribution in [0, 0.1) is 0 Å². The predicted molar refractivity (Wildman–Crippen MR) is 72.8 cm³/mol. The number of carbonyl (C=O) groups excluding carboxylic acids is 1. The lowest BCUT2D eigenvalue weighted by atomic mass is 10.2. The molecule has 3 heteroatoms. The Hall–Kier alpha value is -1.51. The molecule has 1 N–H and O–H groups in total. The maximum Gasteiger partial charge on any atom is 0.239 e. The first kappa shape index (κ1) is 11.6. The van der Waals surface area contributed by atoms with Crippen LogP contribution in [-0.4, -0.2) is 25.0 Å². The Morgan fingerprint density at radius 3 is 2.89 bits per heavy atom. The first-order valence-corrected chi connectivity index (χ1v) is 6.95. The molecule has 0 saturated heterocycles. The summed E-state index contributed by atoms with van der Waals surface area (Å²) in [6, 6.07) is 8.82. The third-order valence-corrected chi connectivity index (χ3v) is 4.04. The average molecular weight is 244 g/mol. The maximum atomic E-state index is 12.0. The maximum absolute atomic E-state index is 12.0. The molecule has 1 aliphatic heterocycles. The van der Waals surface area contributed by atoms with Crippen LogP contribution >= 0.6 is 0 Å². The second-order valence-electron chi connectivity index (χ2n) is 5.35. The van der Waals surface area contributed by atoms with Crippen LogP contribution in [0.4, 0.5) is 5.69 Å². The lowest BCUT2D eigenvalue weighted by molar-refractivity contribution is -0.120. The molecule has 0 unspecified atom stereocenters. The summed E-state index contributed by atoms with van der Waals surface area (Å²) in [6.07, 6.45) is 5.90. The van der Waals surface area contributed by atoms with Crippen LogP contribution in [0.15, 0.2) is 24.3 Å². The van der Waals surface area contributed by atoms with Crippen molar-refractivity contribution in [2.45, 2.75) is 38.1 Å². The molecule has 0 bridgehead atoms. The summed E-state index contributed by atoms with van der Waals surface area (Å²) in [5.41, 5.74) is 2.60. The van der Waals surface area contributed by atoms with E-state index in [4.69, 9.17) is 0 Å². The van der Waals surface area contributed by atoms with Crippen LogP contribution in [0.2, 0.25) is 0 Å². The molecular formula is C15H20N2O. The number of anilines is 1. The van der Waals surface area contributed by atoms with Crippen molar-refractivity contribution in [3.63, 3.8) is 0 Å². The van der Waals surface area contributed by atoms with Gasteiger partial charge in [-0.2, -0.15) is 0 Å². The monoisotopic (exact) mass is 244 g/mol. The summed E-state index contributed by atoms with van der Waals surface area (Å²) in [7, 11) is 0.